The van der Waals surface area contributed by atoms with E-state index in [2.05, 4.69) is 41.2 Å². The molecular formula is C15H25N3. The van der Waals surface area contributed by atoms with Crippen molar-refractivity contribution in [1.82, 2.24) is 10.3 Å². The fraction of sp³-hybridized carbons (Fsp3) is 0.667. The van der Waals surface area contributed by atoms with Crippen LogP contribution in [-0.2, 0) is 6.54 Å². The maximum absolute atomic E-state index is 4.60. The summed E-state index contributed by atoms with van der Waals surface area (Å²) >= 11 is 0. The first-order chi connectivity index (χ1) is 8.79. The zero-order valence-corrected chi connectivity index (χ0v) is 11.7. The van der Waals surface area contributed by atoms with Crippen LogP contribution in [0.1, 0.15) is 38.7 Å². The third-order valence-corrected chi connectivity index (χ3v) is 3.55. The van der Waals surface area contributed by atoms with Gasteiger partial charge in [-0.2, -0.15) is 0 Å². The molecule has 1 aliphatic rings. The topological polar surface area (TPSA) is 28.2 Å². The average Bonchev–Trinajstić information content (AvgIpc) is 2.40. The molecule has 100 valence electrons. The second kappa shape index (κ2) is 6.74. The van der Waals surface area contributed by atoms with Gasteiger partial charge in [0, 0.05) is 25.8 Å². The lowest BCUT2D eigenvalue weighted by Crippen LogP contribution is -2.34. The molecule has 0 bridgehead atoms. The molecule has 0 spiro atoms. The summed E-state index contributed by atoms with van der Waals surface area (Å²) in [6.45, 7) is 8.83. The molecule has 2 rings (SSSR count). The van der Waals surface area contributed by atoms with Crippen molar-refractivity contribution < 1.29 is 0 Å². The Morgan fingerprint density at radius 3 is 3.00 bits per heavy atom. The largest absolute Gasteiger partial charge is 0.356 e. The number of nitrogens with one attached hydrogen (secondary N) is 1. The molecule has 1 saturated heterocycles. The van der Waals surface area contributed by atoms with Crippen molar-refractivity contribution >= 4 is 5.82 Å². The van der Waals surface area contributed by atoms with E-state index in [0.717, 1.165) is 37.9 Å². The van der Waals surface area contributed by atoms with Gasteiger partial charge in [-0.25, -0.2) is 4.98 Å². The highest BCUT2D eigenvalue weighted by molar-refractivity contribution is 5.39. The van der Waals surface area contributed by atoms with Gasteiger partial charge in [-0.15, -0.1) is 0 Å². The number of hydrogen-bond acceptors (Lipinski definition) is 3. The standard InChI is InChI=1S/C15H25N3/c1-3-8-16-10-14-6-7-15(17-11-14)18-9-4-5-13(2)12-18/h6-7,11,13,16H,3-5,8-10,12H2,1-2H3. The molecule has 1 atom stereocenters. The third kappa shape index (κ3) is 3.70. The van der Waals surface area contributed by atoms with Crippen LogP contribution in [0.25, 0.3) is 0 Å². The minimum Gasteiger partial charge on any atom is -0.356 e. The number of anilines is 1. The number of hydrogen-bond donors (Lipinski definition) is 1. The average molecular weight is 247 g/mol. The molecule has 1 aromatic heterocycles. The Hall–Kier alpha value is -1.09. The summed E-state index contributed by atoms with van der Waals surface area (Å²) in [4.78, 5) is 7.02. The zero-order valence-electron chi connectivity index (χ0n) is 11.7. The second-order valence-corrected chi connectivity index (χ2v) is 5.39. The maximum Gasteiger partial charge on any atom is 0.128 e. The number of pyridine rings is 1. The lowest BCUT2D eigenvalue weighted by molar-refractivity contribution is 0.444. The van der Waals surface area contributed by atoms with Crippen molar-refractivity contribution in [2.45, 2.75) is 39.7 Å². The van der Waals surface area contributed by atoms with Crippen molar-refractivity contribution in [2.24, 2.45) is 5.92 Å². The smallest absolute Gasteiger partial charge is 0.128 e. The summed E-state index contributed by atoms with van der Waals surface area (Å²) in [7, 11) is 0. The Morgan fingerprint density at radius 1 is 1.44 bits per heavy atom. The summed E-state index contributed by atoms with van der Waals surface area (Å²) in [5.41, 5.74) is 1.28. The van der Waals surface area contributed by atoms with Crippen LogP contribution in [0, 0.1) is 5.92 Å². The Balaban J connectivity index is 1.90. The van der Waals surface area contributed by atoms with Crippen molar-refractivity contribution in [3.05, 3.63) is 23.9 Å². The number of rotatable bonds is 5. The van der Waals surface area contributed by atoms with Gasteiger partial charge in [0.1, 0.15) is 5.82 Å². The van der Waals surface area contributed by atoms with Crippen LogP contribution < -0.4 is 10.2 Å². The van der Waals surface area contributed by atoms with Crippen LogP contribution in [-0.4, -0.2) is 24.6 Å². The zero-order chi connectivity index (χ0) is 12.8. The summed E-state index contributed by atoms with van der Waals surface area (Å²) in [6, 6.07) is 4.37. The van der Waals surface area contributed by atoms with Crippen LogP contribution in [0.2, 0.25) is 0 Å². The minimum absolute atomic E-state index is 0.798. The molecule has 0 amide bonds. The maximum atomic E-state index is 4.60. The van der Waals surface area contributed by atoms with Gasteiger partial charge >= 0.3 is 0 Å². The molecule has 1 aliphatic heterocycles. The number of aromatic nitrogens is 1. The van der Waals surface area contributed by atoms with Gasteiger partial charge in [0.25, 0.3) is 0 Å². The van der Waals surface area contributed by atoms with Gasteiger partial charge < -0.3 is 10.2 Å². The van der Waals surface area contributed by atoms with Gasteiger partial charge in [0.05, 0.1) is 0 Å². The van der Waals surface area contributed by atoms with E-state index in [1.807, 2.05) is 6.20 Å². The van der Waals surface area contributed by atoms with E-state index < -0.39 is 0 Å². The van der Waals surface area contributed by atoms with Crippen molar-refractivity contribution in [3.63, 3.8) is 0 Å². The molecule has 18 heavy (non-hydrogen) atoms. The van der Waals surface area contributed by atoms with E-state index >= 15 is 0 Å². The highest BCUT2D eigenvalue weighted by Gasteiger charge is 2.17. The fourth-order valence-corrected chi connectivity index (χ4v) is 2.52. The van der Waals surface area contributed by atoms with E-state index in [-0.39, 0.29) is 0 Å². The fourth-order valence-electron chi connectivity index (χ4n) is 2.52. The lowest BCUT2D eigenvalue weighted by atomic mass is 10.0. The quantitative estimate of drug-likeness (QED) is 0.811. The molecule has 1 N–H and O–H groups in total. The minimum atomic E-state index is 0.798. The van der Waals surface area contributed by atoms with E-state index in [1.165, 1.54) is 24.8 Å². The van der Waals surface area contributed by atoms with Gasteiger partial charge in [-0.3, -0.25) is 0 Å². The van der Waals surface area contributed by atoms with Gasteiger partial charge in [-0.05, 0) is 43.4 Å². The molecule has 0 aromatic carbocycles. The lowest BCUT2D eigenvalue weighted by Gasteiger charge is -2.31. The molecule has 3 nitrogen and oxygen atoms in total. The van der Waals surface area contributed by atoms with Gasteiger partial charge in [0.15, 0.2) is 0 Å². The summed E-state index contributed by atoms with van der Waals surface area (Å²) in [5, 5.41) is 3.40. The molecule has 3 heteroatoms. The Kier molecular flexibility index (Phi) is 5.00. The molecule has 1 fully saturated rings. The van der Waals surface area contributed by atoms with Crippen molar-refractivity contribution in [1.29, 1.82) is 0 Å². The van der Waals surface area contributed by atoms with Gasteiger partial charge in [0.2, 0.25) is 0 Å². The molecule has 1 aromatic rings. The number of nitrogens with zero attached hydrogens (tertiary/aromatic N) is 2. The first-order valence-corrected chi connectivity index (χ1v) is 7.20. The first-order valence-electron chi connectivity index (χ1n) is 7.20. The van der Waals surface area contributed by atoms with Crippen LogP contribution in [0.4, 0.5) is 5.82 Å². The van der Waals surface area contributed by atoms with Crippen LogP contribution in [0.15, 0.2) is 18.3 Å². The summed E-state index contributed by atoms with van der Waals surface area (Å²) in [6.07, 6.45) is 5.84. The van der Waals surface area contributed by atoms with Crippen LogP contribution in [0.5, 0.6) is 0 Å². The first kappa shape index (κ1) is 13.3. The van der Waals surface area contributed by atoms with Gasteiger partial charge in [-0.1, -0.05) is 19.9 Å². The molecule has 0 saturated carbocycles. The van der Waals surface area contributed by atoms with E-state index in [0.29, 0.717) is 0 Å². The summed E-state index contributed by atoms with van der Waals surface area (Å²) in [5.74, 6) is 1.94. The predicted octanol–water partition coefficient (Wildman–Crippen LogP) is 2.82. The second-order valence-electron chi connectivity index (χ2n) is 5.39. The molecule has 1 unspecified atom stereocenters. The predicted molar refractivity (Wildman–Crippen MR) is 76.8 cm³/mol. The number of piperidine rings is 1. The highest BCUT2D eigenvalue weighted by Crippen LogP contribution is 2.21. The molecular weight excluding hydrogens is 222 g/mol. The van der Waals surface area contributed by atoms with Crippen molar-refractivity contribution in [2.75, 3.05) is 24.5 Å². The van der Waals surface area contributed by atoms with E-state index in [1.54, 1.807) is 0 Å². The monoisotopic (exact) mass is 247 g/mol. The van der Waals surface area contributed by atoms with Crippen LogP contribution in [0.3, 0.4) is 0 Å². The molecule has 0 aliphatic carbocycles. The van der Waals surface area contributed by atoms with E-state index in [4.69, 9.17) is 0 Å². The normalized spacial score (nSPS) is 20.1. The van der Waals surface area contributed by atoms with E-state index in [9.17, 15) is 0 Å². The summed E-state index contributed by atoms with van der Waals surface area (Å²) < 4.78 is 0. The third-order valence-electron chi connectivity index (χ3n) is 3.55. The Morgan fingerprint density at radius 2 is 2.33 bits per heavy atom. The van der Waals surface area contributed by atoms with Crippen LogP contribution >= 0.6 is 0 Å². The van der Waals surface area contributed by atoms with Crippen molar-refractivity contribution in [3.8, 4) is 0 Å². The Labute approximate surface area is 111 Å². The highest BCUT2D eigenvalue weighted by atomic mass is 15.2. The Bertz CT molecular complexity index is 347. The SMILES string of the molecule is CCCNCc1ccc(N2CCCC(C)C2)nc1. The molecule has 2 heterocycles. The molecule has 0 radical (unpaired) electrons.